The molecule has 6 heteroatoms. The van der Waals surface area contributed by atoms with Crippen molar-refractivity contribution in [3.8, 4) is 0 Å². The molecule has 0 saturated heterocycles. The van der Waals surface area contributed by atoms with Crippen LogP contribution in [0.4, 0.5) is 0 Å². The van der Waals surface area contributed by atoms with Gasteiger partial charge in [0.1, 0.15) is 13.2 Å². The second-order valence-corrected chi connectivity index (χ2v) is 23.1. The highest BCUT2D eigenvalue weighted by Gasteiger charge is 2.19. The summed E-state index contributed by atoms with van der Waals surface area (Å²) >= 11 is 0. The minimum atomic E-state index is -0.826. The van der Waals surface area contributed by atoms with Crippen LogP contribution >= 0.6 is 0 Å². The molecule has 0 rings (SSSR count). The van der Waals surface area contributed by atoms with Crippen molar-refractivity contribution >= 4 is 17.9 Å². The summed E-state index contributed by atoms with van der Waals surface area (Å²) in [6.45, 7) is 6.50. The third-order valence-corrected chi connectivity index (χ3v) is 15.3. The van der Waals surface area contributed by atoms with Crippen LogP contribution in [0.25, 0.3) is 0 Å². The zero-order valence-corrected chi connectivity index (χ0v) is 52.2. The molecule has 0 aliphatic carbocycles. The van der Waals surface area contributed by atoms with Crippen molar-refractivity contribution in [2.75, 3.05) is 13.2 Å². The largest absolute Gasteiger partial charge is 0.462 e. The summed E-state index contributed by atoms with van der Waals surface area (Å²) < 4.78 is 16.8. The Kier molecular flexibility index (Phi) is 64.2. The molecule has 0 fully saturated rings. The summed E-state index contributed by atoms with van der Waals surface area (Å²) in [5.41, 5.74) is 0. The highest BCUT2D eigenvalue weighted by molar-refractivity contribution is 5.72. The van der Waals surface area contributed by atoms with E-state index in [0.717, 1.165) is 70.6 Å². The van der Waals surface area contributed by atoms with E-state index in [1.807, 2.05) is 6.08 Å². The van der Waals surface area contributed by atoms with Gasteiger partial charge >= 0.3 is 17.9 Å². The van der Waals surface area contributed by atoms with E-state index < -0.39 is 12.1 Å². The number of carbonyl (C=O) groups is 3. The maximum Gasteiger partial charge on any atom is 0.310 e. The molecule has 0 amide bonds. The molecule has 0 spiro atoms. The van der Waals surface area contributed by atoms with Crippen LogP contribution < -0.4 is 0 Å². The van der Waals surface area contributed by atoms with Crippen molar-refractivity contribution in [2.24, 2.45) is 0 Å². The lowest BCUT2D eigenvalue weighted by Gasteiger charge is -2.18. The van der Waals surface area contributed by atoms with Gasteiger partial charge in [0.15, 0.2) is 6.10 Å². The third kappa shape index (κ3) is 63.9. The molecule has 454 valence electrons. The standard InChI is InChI=1S/C72H130O6/c1-4-7-10-13-16-19-22-25-28-29-30-31-32-33-34-35-36-37-38-39-40-41-42-45-47-50-53-56-59-62-65-71(74)77-68-69(78-72(75)66-63-60-57-54-51-48-44-27-24-21-18-15-12-9-6-3)67-76-70(73)64-61-58-55-52-49-46-43-26-23-20-17-14-11-8-5-2/h9,12,18,21,27,44,51,54,60,63,69H,4-8,10-11,13-17,19-20,22-26,28-43,45-50,52-53,55-59,61-62,64-68H2,1-3H3/b12-9-,21-18-,44-27-,54-51-,63-60-. The Morgan fingerprint density at radius 1 is 0.269 bits per heavy atom. The monoisotopic (exact) mass is 1090 g/mol. The SMILES string of the molecule is CC/C=C\C/C=C\C/C=C\C/C=C\C/C=C\CC(=O)OC(COC(=O)CCCCCCCCCCCCCCCCC)COC(=O)CCCCCCCCCCCCCCCCCCCCCCCCCCCCCCCC. The van der Waals surface area contributed by atoms with E-state index in [-0.39, 0.29) is 31.6 Å². The van der Waals surface area contributed by atoms with Crippen LogP contribution in [0.5, 0.6) is 0 Å². The number of hydrogen-bond acceptors (Lipinski definition) is 6. The number of allylic oxidation sites excluding steroid dienone is 9. The number of carbonyl (C=O) groups excluding carboxylic acids is 3. The van der Waals surface area contributed by atoms with E-state index in [2.05, 4.69) is 69.4 Å². The normalized spacial score (nSPS) is 12.4. The van der Waals surface area contributed by atoms with E-state index in [1.54, 1.807) is 6.08 Å². The summed E-state index contributed by atoms with van der Waals surface area (Å²) in [7, 11) is 0. The first-order chi connectivity index (χ1) is 38.5. The summed E-state index contributed by atoms with van der Waals surface area (Å²) in [4.78, 5) is 38.2. The van der Waals surface area contributed by atoms with Crippen LogP contribution in [-0.4, -0.2) is 37.2 Å². The molecule has 0 saturated carbocycles. The molecule has 0 radical (unpaired) electrons. The van der Waals surface area contributed by atoms with Gasteiger partial charge in [0.2, 0.25) is 0 Å². The maximum atomic E-state index is 12.8. The molecule has 0 heterocycles. The second kappa shape index (κ2) is 66.6. The van der Waals surface area contributed by atoms with Crippen LogP contribution in [0.3, 0.4) is 0 Å². The molecular formula is C72H130O6. The molecule has 0 aromatic heterocycles. The number of hydrogen-bond donors (Lipinski definition) is 0. The quantitative estimate of drug-likeness (QED) is 0.0261. The minimum Gasteiger partial charge on any atom is -0.462 e. The number of rotatable bonds is 63. The summed E-state index contributed by atoms with van der Waals surface area (Å²) in [5.74, 6) is -1.02. The molecule has 78 heavy (non-hydrogen) atoms. The second-order valence-electron chi connectivity index (χ2n) is 23.1. The minimum absolute atomic E-state index is 0.102. The van der Waals surface area contributed by atoms with Crippen LogP contribution in [0.15, 0.2) is 60.8 Å². The Bertz CT molecular complexity index is 1390. The fourth-order valence-corrected chi connectivity index (χ4v) is 10.2. The molecule has 1 atom stereocenters. The average Bonchev–Trinajstić information content (AvgIpc) is 3.44. The van der Waals surface area contributed by atoms with E-state index in [4.69, 9.17) is 14.2 Å². The molecule has 0 aromatic carbocycles. The molecule has 0 bridgehead atoms. The Labute approximate surface area is 485 Å². The Morgan fingerprint density at radius 2 is 0.487 bits per heavy atom. The third-order valence-electron chi connectivity index (χ3n) is 15.3. The van der Waals surface area contributed by atoms with E-state index in [1.165, 1.54) is 250 Å². The first-order valence-electron chi connectivity index (χ1n) is 34.3. The first kappa shape index (κ1) is 75.1. The molecule has 1 unspecified atom stereocenters. The van der Waals surface area contributed by atoms with Crippen LogP contribution in [0.1, 0.15) is 361 Å². The lowest BCUT2D eigenvalue weighted by molar-refractivity contribution is -0.166. The topological polar surface area (TPSA) is 78.9 Å². The Hall–Kier alpha value is -2.89. The van der Waals surface area contributed by atoms with Gasteiger partial charge < -0.3 is 14.2 Å². The van der Waals surface area contributed by atoms with Crippen molar-refractivity contribution in [3.63, 3.8) is 0 Å². The first-order valence-corrected chi connectivity index (χ1v) is 34.3. The summed E-state index contributed by atoms with van der Waals surface area (Å²) in [6.07, 6.45) is 85.8. The Balaban J connectivity index is 4.21. The molecule has 6 nitrogen and oxygen atoms in total. The van der Waals surface area contributed by atoms with Crippen LogP contribution in [0, 0.1) is 0 Å². The van der Waals surface area contributed by atoms with Crippen molar-refractivity contribution in [1.29, 1.82) is 0 Å². The van der Waals surface area contributed by atoms with E-state index in [0.29, 0.717) is 12.8 Å². The van der Waals surface area contributed by atoms with Gasteiger partial charge in [-0.05, 0) is 44.9 Å². The fraction of sp³-hybridized carbons (Fsp3) is 0.819. The molecule has 0 aliphatic heterocycles. The van der Waals surface area contributed by atoms with Gasteiger partial charge in [-0.15, -0.1) is 0 Å². The predicted molar refractivity (Wildman–Crippen MR) is 339 cm³/mol. The zero-order valence-electron chi connectivity index (χ0n) is 52.2. The van der Waals surface area contributed by atoms with Crippen molar-refractivity contribution in [2.45, 2.75) is 367 Å². The molecular weight excluding hydrogens is 961 g/mol. The van der Waals surface area contributed by atoms with Gasteiger partial charge in [-0.2, -0.15) is 0 Å². The van der Waals surface area contributed by atoms with Crippen LogP contribution in [0.2, 0.25) is 0 Å². The van der Waals surface area contributed by atoms with Gasteiger partial charge in [-0.25, -0.2) is 0 Å². The summed E-state index contributed by atoms with van der Waals surface area (Å²) in [6, 6.07) is 0. The van der Waals surface area contributed by atoms with Crippen molar-refractivity contribution in [1.82, 2.24) is 0 Å². The number of ether oxygens (including phenoxy) is 3. The predicted octanol–water partition coefficient (Wildman–Crippen LogP) is 23.5. The van der Waals surface area contributed by atoms with Gasteiger partial charge in [-0.1, -0.05) is 358 Å². The maximum absolute atomic E-state index is 12.8. The smallest absolute Gasteiger partial charge is 0.310 e. The van der Waals surface area contributed by atoms with E-state index >= 15 is 0 Å². The van der Waals surface area contributed by atoms with Crippen LogP contribution in [-0.2, 0) is 28.6 Å². The lowest BCUT2D eigenvalue weighted by atomic mass is 10.0. The number of unbranched alkanes of at least 4 members (excludes halogenated alkanes) is 43. The van der Waals surface area contributed by atoms with Crippen molar-refractivity contribution in [3.05, 3.63) is 60.8 Å². The fourth-order valence-electron chi connectivity index (χ4n) is 10.2. The zero-order chi connectivity index (χ0) is 56.4. The average molecular weight is 1090 g/mol. The summed E-state index contributed by atoms with van der Waals surface area (Å²) in [5, 5.41) is 0. The Morgan fingerprint density at radius 3 is 0.731 bits per heavy atom. The van der Waals surface area contributed by atoms with Gasteiger partial charge in [0, 0.05) is 12.8 Å². The van der Waals surface area contributed by atoms with E-state index in [9.17, 15) is 14.4 Å². The highest BCUT2D eigenvalue weighted by Crippen LogP contribution is 2.18. The van der Waals surface area contributed by atoms with Crippen molar-refractivity contribution < 1.29 is 28.6 Å². The van der Waals surface area contributed by atoms with Gasteiger partial charge in [0.05, 0.1) is 6.42 Å². The van der Waals surface area contributed by atoms with Gasteiger partial charge in [0.25, 0.3) is 0 Å². The molecule has 0 N–H and O–H groups in total. The van der Waals surface area contributed by atoms with Gasteiger partial charge in [-0.3, -0.25) is 14.4 Å². The highest BCUT2D eigenvalue weighted by atomic mass is 16.6. The molecule has 0 aliphatic rings. The molecule has 0 aromatic rings. The lowest BCUT2D eigenvalue weighted by Crippen LogP contribution is -2.30. The number of esters is 3.